The zero-order chi connectivity index (χ0) is 13.8. The molecule has 1 aliphatic rings. The van der Waals surface area contributed by atoms with Crippen LogP contribution in [0.3, 0.4) is 0 Å². The van der Waals surface area contributed by atoms with Crippen molar-refractivity contribution in [3.8, 4) is 0 Å². The zero-order valence-electron chi connectivity index (χ0n) is 9.37. The van der Waals surface area contributed by atoms with Crippen molar-refractivity contribution in [1.82, 2.24) is 5.32 Å². The predicted molar refractivity (Wildman–Crippen MR) is 73.7 cm³/mol. The van der Waals surface area contributed by atoms with Gasteiger partial charge < -0.3 is 5.32 Å². The number of carbonyl (C=O) groups excluding carboxylic acids is 1. The number of benzene rings is 1. The van der Waals surface area contributed by atoms with E-state index in [-0.39, 0.29) is 11.6 Å². The lowest BCUT2D eigenvalue weighted by Crippen LogP contribution is -2.19. The molecule has 1 amide bonds. The first kappa shape index (κ1) is 13.5. The molecule has 1 aromatic carbocycles. The number of nitro benzene ring substituents is 1. The molecule has 98 valence electrons. The van der Waals surface area contributed by atoms with Gasteiger partial charge in [-0.25, -0.2) is 0 Å². The molecule has 9 heteroatoms. The largest absolute Gasteiger partial charge is 0.303 e. The molecular weight excluding hydrogens is 292 g/mol. The van der Waals surface area contributed by atoms with Gasteiger partial charge in [-0.3, -0.25) is 14.9 Å². The lowest BCUT2D eigenvalue weighted by Gasteiger charge is -1.97. The summed E-state index contributed by atoms with van der Waals surface area (Å²) in [7, 11) is 0. The van der Waals surface area contributed by atoms with Crippen molar-refractivity contribution >= 4 is 46.3 Å². The van der Waals surface area contributed by atoms with Crippen LogP contribution in [0.15, 0.2) is 28.4 Å². The molecule has 19 heavy (non-hydrogen) atoms. The zero-order valence-corrected chi connectivity index (χ0v) is 10.9. The van der Waals surface area contributed by atoms with E-state index in [9.17, 15) is 14.9 Å². The number of hydrogen-bond acceptors (Lipinski definition) is 6. The van der Waals surface area contributed by atoms with Gasteiger partial charge in [-0.15, -0.1) is 5.10 Å². The molecule has 1 heterocycles. The average Bonchev–Trinajstić information content (AvgIpc) is 2.77. The Kier molecular flexibility index (Phi) is 4.13. The summed E-state index contributed by atoms with van der Waals surface area (Å²) in [6.45, 7) is 0. The van der Waals surface area contributed by atoms with Crippen LogP contribution in [0.25, 0.3) is 0 Å². The average molecular weight is 299 g/mol. The van der Waals surface area contributed by atoms with Gasteiger partial charge >= 0.3 is 0 Å². The highest BCUT2D eigenvalue weighted by Gasteiger charge is 2.16. The van der Waals surface area contributed by atoms with Crippen molar-refractivity contribution in [3.05, 3.63) is 38.9 Å². The topological polar surface area (TPSA) is 97.0 Å². The maximum Gasteiger partial charge on any atom is 0.270 e. The fourth-order valence-corrected chi connectivity index (χ4v) is 2.06. The quantitative estimate of drug-likeness (QED) is 0.522. The Bertz CT molecular complexity index is 602. The Morgan fingerprint density at radius 3 is 2.95 bits per heavy atom. The lowest BCUT2D eigenvalue weighted by molar-refractivity contribution is -0.384. The number of carbonyl (C=O) groups is 1. The van der Waals surface area contributed by atoms with Crippen molar-refractivity contribution in [1.29, 1.82) is 0 Å². The van der Waals surface area contributed by atoms with Crippen LogP contribution in [-0.4, -0.2) is 28.0 Å². The number of amides is 1. The molecule has 0 aliphatic carbocycles. The molecule has 0 unspecified atom stereocenters. The number of nitrogens with one attached hydrogen (secondary N) is 1. The van der Waals surface area contributed by atoms with Crippen LogP contribution in [0.4, 0.5) is 5.69 Å². The monoisotopic (exact) mass is 298 g/mol. The Morgan fingerprint density at radius 1 is 1.53 bits per heavy atom. The second kappa shape index (κ2) is 5.81. The highest BCUT2D eigenvalue weighted by molar-refractivity contribution is 8.15. The van der Waals surface area contributed by atoms with Crippen LogP contribution in [0.1, 0.15) is 5.56 Å². The van der Waals surface area contributed by atoms with E-state index < -0.39 is 4.92 Å². The van der Waals surface area contributed by atoms with Crippen LogP contribution in [0, 0.1) is 10.1 Å². The maximum absolute atomic E-state index is 10.9. The molecule has 0 bridgehead atoms. The summed E-state index contributed by atoms with van der Waals surface area (Å²) in [6, 6.07) is 4.02. The fourth-order valence-electron chi connectivity index (χ4n) is 1.27. The molecule has 1 aliphatic heterocycles. The van der Waals surface area contributed by atoms with Crippen LogP contribution in [-0.2, 0) is 4.79 Å². The third kappa shape index (κ3) is 3.52. The fraction of sp³-hybridized carbons (Fsp3) is 0.100. The van der Waals surface area contributed by atoms with E-state index in [1.807, 2.05) is 0 Å². The van der Waals surface area contributed by atoms with Gasteiger partial charge in [0, 0.05) is 22.7 Å². The minimum atomic E-state index is -0.521. The minimum Gasteiger partial charge on any atom is -0.303 e. The number of hydrogen-bond donors (Lipinski definition) is 1. The molecule has 0 radical (unpaired) electrons. The van der Waals surface area contributed by atoms with Crippen LogP contribution < -0.4 is 5.32 Å². The van der Waals surface area contributed by atoms with Gasteiger partial charge in [0.15, 0.2) is 5.17 Å². The second-order valence-corrected chi connectivity index (χ2v) is 4.82. The lowest BCUT2D eigenvalue weighted by atomic mass is 10.2. The highest BCUT2D eigenvalue weighted by Crippen LogP contribution is 2.20. The van der Waals surface area contributed by atoms with E-state index in [4.69, 9.17) is 11.6 Å². The van der Waals surface area contributed by atoms with Crippen LogP contribution >= 0.6 is 23.4 Å². The summed E-state index contributed by atoms with van der Waals surface area (Å²) in [4.78, 5) is 21.0. The van der Waals surface area contributed by atoms with E-state index in [0.29, 0.717) is 21.5 Å². The Labute approximate surface area is 116 Å². The summed E-state index contributed by atoms with van der Waals surface area (Å²) in [6.07, 6.45) is 1.30. The maximum atomic E-state index is 10.9. The highest BCUT2D eigenvalue weighted by atomic mass is 35.5. The number of thioether (sulfide) groups is 1. The summed E-state index contributed by atoms with van der Waals surface area (Å²) in [5, 5.41) is 21.4. The molecule has 0 aromatic heterocycles. The van der Waals surface area contributed by atoms with Gasteiger partial charge in [0.1, 0.15) is 0 Å². The van der Waals surface area contributed by atoms with E-state index in [1.54, 1.807) is 0 Å². The number of nitrogens with zero attached hydrogens (tertiary/aromatic N) is 3. The SMILES string of the molecule is O=C1CSC(=NN=Cc2cc([N+](=O)[O-])ccc2Cl)N1. The molecule has 0 saturated carbocycles. The molecule has 1 fully saturated rings. The molecule has 1 N–H and O–H groups in total. The first-order valence-electron chi connectivity index (χ1n) is 5.04. The first-order chi connectivity index (χ1) is 9.06. The summed E-state index contributed by atoms with van der Waals surface area (Å²) in [5.41, 5.74) is 0.302. The summed E-state index contributed by atoms with van der Waals surface area (Å²) < 4.78 is 0. The predicted octanol–water partition coefficient (Wildman–Crippen LogP) is 1.80. The van der Waals surface area contributed by atoms with E-state index in [0.717, 1.165) is 0 Å². The van der Waals surface area contributed by atoms with Crippen molar-refractivity contribution in [2.24, 2.45) is 10.2 Å². The molecule has 2 rings (SSSR count). The Hall–Kier alpha value is -1.93. The van der Waals surface area contributed by atoms with Gasteiger partial charge in [0.25, 0.3) is 5.69 Å². The summed E-state index contributed by atoms with van der Waals surface area (Å²) in [5.74, 6) is 0.179. The third-order valence-electron chi connectivity index (χ3n) is 2.12. The van der Waals surface area contributed by atoms with Gasteiger partial charge in [-0.05, 0) is 6.07 Å². The minimum absolute atomic E-state index is 0.0814. The molecule has 0 atom stereocenters. The Balaban J connectivity index is 2.16. The number of halogens is 1. The molecular formula is C10H7ClN4O3S. The molecule has 7 nitrogen and oxygen atoms in total. The van der Waals surface area contributed by atoms with Gasteiger partial charge in [-0.1, -0.05) is 23.4 Å². The number of amidine groups is 1. The van der Waals surface area contributed by atoms with Gasteiger partial charge in [-0.2, -0.15) is 5.10 Å². The molecule has 0 spiro atoms. The number of nitro groups is 1. The molecule has 1 aromatic rings. The van der Waals surface area contributed by atoms with E-state index >= 15 is 0 Å². The smallest absolute Gasteiger partial charge is 0.270 e. The summed E-state index contributed by atoms with van der Waals surface area (Å²) >= 11 is 7.11. The Morgan fingerprint density at radius 2 is 2.32 bits per heavy atom. The third-order valence-corrected chi connectivity index (χ3v) is 3.33. The number of rotatable bonds is 3. The van der Waals surface area contributed by atoms with Gasteiger partial charge in [0.2, 0.25) is 5.91 Å². The van der Waals surface area contributed by atoms with Crippen LogP contribution in [0.2, 0.25) is 5.02 Å². The van der Waals surface area contributed by atoms with Crippen molar-refractivity contribution in [2.45, 2.75) is 0 Å². The second-order valence-electron chi connectivity index (χ2n) is 3.45. The van der Waals surface area contributed by atoms with E-state index in [2.05, 4.69) is 15.5 Å². The van der Waals surface area contributed by atoms with Crippen molar-refractivity contribution < 1.29 is 9.72 Å². The number of non-ortho nitro benzene ring substituents is 1. The first-order valence-corrected chi connectivity index (χ1v) is 6.40. The standard InChI is InChI=1S/C10H7ClN4O3S/c11-8-2-1-7(15(17)18)3-6(8)4-12-14-10-13-9(16)5-19-10/h1-4H,5H2,(H,13,14,16). The van der Waals surface area contributed by atoms with Crippen LogP contribution in [0.5, 0.6) is 0 Å². The van der Waals surface area contributed by atoms with Crippen molar-refractivity contribution in [3.63, 3.8) is 0 Å². The van der Waals surface area contributed by atoms with E-state index in [1.165, 1.54) is 36.2 Å². The normalized spacial score (nSPS) is 17.1. The molecule has 1 saturated heterocycles. The van der Waals surface area contributed by atoms with Crippen molar-refractivity contribution in [2.75, 3.05) is 5.75 Å². The van der Waals surface area contributed by atoms with Gasteiger partial charge in [0.05, 0.1) is 16.9 Å².